The molecule has 1 fully saturated rings. The summed E-state index contributed by atoms with van der Waals surface area (Å²) in [5.74, 6) is 0. The highest BCUT2D eigenvalue weighted by Crippen LogP contribution is 2.33. The molecule has 1 aliphatic rings. The van der Waals surface area contributed by atoms with Crippen molar-refractivity contribution in [2.75, 3.05) is 13.2 Å². The molecule has 2 nitrogen and oxygen atoms in total. The Morgan fingerprint density at radius 2 is 2.14 bits per heavy atom. The molecule has 0 saturated carbocycles. The quantitative estimate of drug-likeness (QED) is 0.810. The first-order chi connectivity index (χ1) is 6.76. The Bertz CT molecular complexity index is 379. The summed E-state index contributed by atoms with van der Waals surface area (Å²) in [6, 6.07) is 10.4. The normalized spacial score (nSPS) is 18.3. The average molecular weight is 252 g/mol. The van der Waals surface area contributed by atoms with Crippen molar-refractivity contribution in [2.24, 2.45) is 5.41 Å². The lowest BCUT2D eigenvalue weighted by molar-refractivity contribution is -0.0766. The van der Waals surface area contributed by atoms with Gasteiger partial charge in [0.1, 0.15) is 5.41 Å². The molecule has 1 aliphatic heterocycles. The number of ether oxygens (including phenoxy) is 1. The smallest absolute Gasteiger partial charge is 0.108 e. The third kappa shape index (κ3) is 1.68. The van der Waals surface area contributed by atoms with E-state index in [0.29, 0.717) is 13.2 Å². The number of nitriles is 1. The van der Waals surface area contributed by atoms with Gasteiger partial charge in [0.05, 0.1) is 19.3 Å². The van der Waals surface area contributed by atoms with E-state index in [-0.39, 0.29) is 5.41 Å². The van der Waals surface area contributed by atoms with E-state index in [1.807, 2.05) is 24.3 Å². The molecule has 0 atom stereocenters. The molecule has 0 spiro atoms. The number of nitrogens with zero attached hydrogens (tertiary/aromatic N) is 1. The van der Waals surface area contributed by atoms with Gasteiger partial charge < -0.3 is 4.74 Å². The van der Waals surface area contributed by atoms with Gasteiger partial charge in [-0.25, -0.2) is 0 Å². The minimum absolute atomic E-state index is 0.288. The van der Waals surface area contributed by atoms with Crippen LogP contribution in [0.1, 0.15) is 5.56 Å². The summed E-state index contributed by atoms with van der Waals surface area (Å²) in [5, 5.41) is 9.04. The van der Waals surface area contributed by atoms with Crippen molar-refractivity contribution < 1.29 is 4.74 Å². The number of benzene rings is 1. The fourth-order valence-electron chi connectivity index (χ4n) is 1.56. The van der Waals surface area contributed by atoms with E-state index in [2.05, 4.69) is 22.0 Å². The van der Waals surface area contributed by atoms with Crippen LogP contribution < -0.4 is 0 Å². The maximum atomic E-state index is 9.04. The zero-order valence-electron chi connectivity index (χ0n) is 7.66. The summed E-state index contributed by atoms with van der Waals surface area (Å²) < 4.78 is 6.17. The Labute approximate surface area is 91.6 Å². The van der Waals surface area contributed by atoms with E-state index >= 15 is 0 Å². The van der Waals surface area contributed by atoms with Gasteiger partial charge in [0.2, 0.25) is 0 Å². The highest BCUT2D eigenvalue weighted by molar-refractivity contribution is 9.10. The van der Waals surface area contributed by atoms with Crippen molar-refractivity contribution in [3.8, 4) is 6.07 Å². The number of hydrogen-bond donors (Lipinski definition) is 0. The van der Waals surface area contributed by atoms with Crippen LogP contribution in [0.4, 0.5) is 0 Å². The zero-order chi connectivity index (χ0) is 10.0. The van der Waals surface area contributed by atoms with Crippen LogP contribution in [-0.4, -0.2) is 13.2 Å². The van der Waals surface area contributed by atoms with Crippen molar-refractivity contribution in [2.45, 2.75) is 6.42 Å². The monoisotopic (exact) mass is 251 g/mol. The van der Waals surface area contributed by atoms with E-state index in [1.54, 1.807) is 0 Å². The maximum absolute atomic E-state index is 9.04. The van der Waals surface area contributed by atoms with Crippen LogP contribution in [0, 0.1) is 16.7 Å². The first-order valence-electron chi connectivity index (χ1n) is 4.48. The number of rotatable bonds is 2. The van der Waals surface area contributed by atoms with Crippen LogP contribution in [0.3, 0.4) is 0 Å². The van der Waals surface area contributed by atoms with Crippen molar-refractivity contribution in [1.82, 2.24) is 0 Å². The van der Waals surface area contributed by atoms with Gasteiger partial charge >= 0.3 is 0 Å². The Hall–Kier alpha value is -0.850. The fraction of sp³-hybridized carbons (Fsp3) is 0.364. The molecule has 3 heteroatoms. The van der Waals surface area contributed by atoms with E-state index in [1.165, 1.54) is 5.56 Å². The molecule has 0 amide bonds. The largest absolute Gasteiger partial charge is 0.378 e. The molecule has 1 heterocycles. The molecule has 0 aliphatic carbocycles. The van der Waals surface area contributed by atoms with Gasteiger partial charge in [-0.3, -0.25) is 0 Å². The predicted molar refractivity (Wildman–Crippen MR) is 56.7 cm³/mol. The summed E-state index contributed by atoms with van der Waals surface area (Å²) >= 11 is 3.48. The molecule has 0 aromatic heterocycles. The SMILES string of the molecule is N#CC1(Cc2ccccc2Br)COC1. The zero-order valence-corrected chi connectivity index (χ0v) is 9.25. The standard InChI is InChI=1S/C11H10BrNO/c12-10-4-2-1-3-9(10)5-11(6-13)7-14-8-11/h1-4H,5,7-8H2. The Balaban J connectivity index is 2.19. The molecule has 0 radical (unpaired) electrons. The molecular weight excluding hydrogens is 242 g/mol. The lowest BCUT2D eigenvalue weighted by atomic mass is 9.81. The van der Waals surface area contributed by atoms with Crippen molar-refractivity contribution in [3.05, 3.63) is 34.3 Å². The fourth-order valence-corrected chi connectivity index (χ4v) is 1.99. The van der Waals surface area contributed by atoms with Crippen LogP contribution in [-0.2, 0) is 11.2 Å². The van der Waals surface area contributed by atoms with Gasteiger partial charge in [-0.15, -0.1) is 0 Å². The molecule has 0 bridgehead atoms. The minimum atomic E-state index is -0.288. The van der Waals surface area contributed by atoms with Gasteiger partial charge in [-0.1, -0.05) is 34.1 Å². The minimum Gasteiger partial charge on any atom is -0.378 e. The van der Waals surface area contributed by atoms with Crippen molar-refractivity contribution >= 4 is 15.9 Å². The molecule has 1 aromatic carbocycles. The Kier molecular flexibility index (Phi) is 2.58. The maximum Gasteiger partial charge on any atom is 0.108 e. The molecule has 0 N–H and O–H groups in total. The molecule has 72 valence electrons. The van der Waals surface area contributed by atoms with E-state index < -0.39 is 0 Å². The van der Waals surface area contributed by atoms with E-state index in [4.69, 9.17) is 10.00 Å². The molecule has 2 rings (SSSR count). The Morgan fingerprint density at radius 3 is 2.64 bits per heavy atom. The highest BCUT2D eigenvalue weighted by atomic mass is 79.9. The van der Waals surface area contributed by atoms with Crippen LogP contribution >= 0.6 is 15.9 Å². The molecular formula is C11H10BrNO. The lowest BCUT2D eigenvalue weighted by Crippen LogP contribution is -2.43. The van der Waals surface area contributed by atoms with Crippen molar-refractivity contribution in [1.29, 1.82) is 5.26 Å². The summed E-state index contributed by atoms with van der Waals surface area (Å²) in [6.45, 7) is 1.12. The van der Waals surface area contributed by atoms with Gasteiger partial charge in [0, 0.05) is 4.47 Å². The molecule has 1 saturated heterocycles. The highest BCUT2D eigenvalue weighted by Gasteiger charge is 2.39. The average Bonchev–Trinajstić information content (AvgIpc) is 2.14. The summed E-state index contributed by atoms with van der Waals surface area (Å²) in [6.07, 6.45) is 0.769. The van der Waals surface area contributed by atoms with E-state index in [9.17, 15) is 0 Å². The summed E-state index contributed by atoms with van der Waals surface area (Å²) in [7, 11) is 0. The topological polar surface area (TPSA) is 33.0 Å². The second-order valence-corrected chi connectivity index (χ2v) is 4.51. The first-order valence-corrected chi connectivity index (χ1v) is 5.27. The molecule has 0 unspecified atom stereocenters. The second kappa shape index (κ2) is 3.72. The van der Waals surface area contributed by atoms with Crippen LogP contribution in [0.5, 0.6) is 0 Å². The third-order valence-electron chi connectivity index (χ3n) is 2.48. The number of hydrogen-bond acceptors (Lipinski definition) is 2. The van der Waals surface area contributed by atoms with Crippen LogP contribution in [0.25, 0.3) is 0 Å². The molecule has 1 aromatic rings. The molecule has 14 heavy (non-hydrogen) atoms. The number of halogens is 1. The first kappa shape index (κ1) is 9.70. The Morgan fingerprint density at radius 1 is 1.43 bits per heavy atom. The summed E-state index contributed by atoms with van der Waals surface area (Å²) in [5.41, 5.74) is 0.890. The summed E-state index contributed by atoms with van der Waals surface area (Å²) in [4.78, 5) is 0. The van der Waals surface area contributed by atoms with Gasteiger partial charge in [0.25, 0.3) is 0 Å². The second-order valence-electron chi connectivity index (χ2n) is 3.65. The van der Waals surface area contributed by atoms with Gasteiger partial charge in [-0.2, -0.15) is 5.26 Å². The van der Waals surface area contributed by atoms with Crippen LogP contribution in [0.15, 0.2) is 28.7 Å². The predicted octanol–water partition coefficient (Wildman–Crippen LogP) is 2.53. The van der Waals surface area contributed by atoms with Gasteiger partial charge in [-0.05, 0) is 18.1 Å². The van der Waals surface area contributed by atoms with Crippen molar-refractivity contribution in [3.63, 3.8) is 0 Å². The van der Waals surface area contributed by atoms with Crippen LogP contribution in [0.2, 0.25) is 0 Å². The lowest BCUT2D eigenvalue weighted by Gasteiger charge is -2.35. The third-order valence-corrected chi connectivity index (χ3v) is 3.25. The van der Waals surface area contributed by atoms with Gasteiger partial charge in [0.15, 0.2) is 0 Å². The van der Waals surface area contributed by atoms with E-state index in [0.717, 1.165) is 10.9 Å².